The molecule has 1 aliphatic rings. The average molecular weight is 338 g/mol. The van der Waals surface area contributed by atoms with Crippen LogP contribution >= 0.6 is 11.6 Å². The van der Waals surface area contributed by atoms with Crippen LogP contribution in [0.4, 0.5) is 14.5 Å². The summed E-state index contributed by atoms with van der Waals surface area (Å²) in [6.07, 6.45) is 3.43. The summed E-state index contributed by atoms with van der Waals surface area (Å²) in [6.45, 7) is 2.26. The lowest BCUT2D eigenvalue weighted by molar-refractivity contribution is 0.0746. The lowest BCUT2D eigenvalue weighted by atomic mass is 10.1. The summed E-state index contributed by atoms with van der Waals surface area (Å²) in [5, 5.41) is -0.0783. The largest absolute Gasteiger partial charge is 0.368 e. The zero-order chi connectivity index (χ0) is 16.4. The van der Waals surface area contributed by atoms with Crippen LogP contribution in [-0.4, -0.2) is 42.0 Å². The summed E-state index contributed by atoms with van der Waals surface area (Å²) in [7, 11) is 0. The molecule has 1 aliphatic heterocycles. The predicted molar refractivity (Wildman–Crippen MR) is 83.7 cm³/mol. The molecular formula is C16H14ClF2N3O. The van der Waals surface area contributed by atoms with Gasteiger partial charge in [-0.1, -0.05) is 11.6 Å². The number of aromatic nitrogens is 1. The summed E-state index contributed by atoms with van der Waals surface area (Å²) < 4.78 is 26.5. The maximum absolute atomic E-state index is 13.4. The van der Waals surface area contributed by atoms with E-state index in [4.69, 9.17) is 11.6 Å². The van der Waals surface area contributed by atoms with Crippen LogP contribution in [0.3, 0.4) is 0 Å². The fraction of sp³-hybridized carbons (Fsp3) is 0.250. The monoisotopic (exact) mass is 337 g/mol. The fourth-order valence-electron chi connectivity index (χ4n) is 2.58. The molecule has 0 unspecified atom stereocenters. The fourth-order valence-corrected chi connectivity index (χ4v) is 2.81. The van der Waals surface area contributed by atoms with Gasteiger partial charge < -0.3 is 9.80 Å². The summed E-state index contributed by atoms with van der Waals surface area (Å²) in [5.41, 5.74) is 1.03. The van der Waals surface area contributed by atoms with E-state index in [-0.39, 0.29) is 16.5 Å². The number of nitrogens with zero attached hydrogens (tertiary/aromatic N) is 3. The SMILES string of the molecule is O=C(c1cc(F)c(F)cc1Cl)N1CCN(c2ccncc2)CC1. The molecule has 1 aromatic heterocycles. The molecule has 120 valence electrons. The van der Waals surface area contributed by atoms with E-state index in [9.17, 15) is 13.6 Å². The van der Waals surface area contributed by atoms with Crippen LogP contribution in [0, 0.1) is 11.6 Å². The van der Waals surface area contributed by atoms with Gasteiger partial charge in [-0.15, -0.1) is 0 Å². The Hall–Kier alpha value is -2.21. The highest BCUT2D eigenvalue weighted by Gasteiger charge is 2.25. The van der Waals surface area contributed by atoms with E-state index < -0.39 is 11.6 Å². The topological polar surface area (TPSA) is 36.4 Å². The first-order chi connectivity index (χ1) is 11.1. The Morgan fingerprint density at radius 2 is 1.65 bits per heavy atom. The molecule has 0 saturated carbocycles. The van der Waals surface area contributed by atoms with E-state index in [0.29, 0.717) is 26.2 Å². The number of halogens is 3. The van der Waals surface area contributed by atoms with E-state index >= 15 is 0 Å². The van der Waals surface area contributed by atoms with Crippen LogP contribution in [-0.2, 0) is 0 Å². The van der Waals surface area contributed by atoms with Crippen molar-refractivity contribution in [3.05, 3.63) is 58.9 Å². The molecule has 0 spiro atoms. The summed E-state index contributed by atoms with van der Waals surface area (Å²) in [5.74, 6) is -2.52. The number of carbonyl (C=O) groups is 1. The van der Waals surface area contributed by atoms with Crippen molar-refractivity contribution in [1.82, 2.24) is 9.88 Å². The molecule has 2 heterocycles. The minimum absolute atomic E-state index is 0.0112. The lowest BCUT2D eigenvalue weighted by Crippen LogP contribution is -2.48. The quantitative estimate of drug-likeness (QED) is 0.791. The van der Waals surface area contributed by atoms with Crippen LogP contribution < -0.4 is 4.90 Å². The lowest BCUT2D eigenvalue weighted by Gasteiger charge is -2.36. The van der Waals surface area contributed by atoms with Gasteiger partial charge in [0.1, 0.15) is 0 Å². The number of rotatable bonds is 2. The zero-order valence-corrected chi connectivity index (χ0v) is 12.9. The maximum Gasteiger partial charge on any atom is 0.255 e. The third kappa shape index (κ3) is 3.27. The standard InChI is InChI=1S/C16H14ClF2N3O/c17-13-10-15(19)14(18)9-12(13)16(23)22-7-5-21(6-8-22)11-1-3-20-4-2-11/h1-4,9-10H,5-8H2. The highest BCUT2D eigenvalue weighted by Crippen LogP contribution is 2.23. The zero-order valence-electron chi connectivity index (χ0n) is 12.2. The van der Waals surface area contributed by atoms with Crippen LogP contribution in [0.25, 0.3) is 0 Å². The molecule has 7 heteroatoms. The minimum atomic E-state index is -1.08. The Morgan fingerprint density at radius 1 is 1.04 bits per heavy atom. The van der Waals surface area contributed by atoms with Crippen LogP contribution in [0.1, 0.15) is 10.4 Å². The Morgan fingerprint density at radius 3 is 2.30 bits per heavy atom. The average Bonchev–Trinajstić information content (AvgIpc) is 2.58. The molecule has 1 aromatic carbocycles. The molecule has 0 bridgehead atoms. The van der Waals surface area contributed by atoms with Crippen molar-refractivity contribution in [2.24, 2.45) is 0 Å². The first kappa shape index (κ1) is 15.7. The number of piperazine rings is 1. The third-order valence-corrected chi connectivity index (χ3v) is 4.15. The number of carbonyl (C=O) groups excluding carboxylic acids is 1. The van der Waals surface area contributed by atoms with Crippen molar-refractivity contribution in [1.29, 1.82) is 0 Å². The number of amides is 1. The van der Waals surface area contributed by atoms with Crippen molar-refractivity contribution >= 4 is 23.2 Å². The van der Waals surface area contributed by atoms with Gasteiger partial charge in [0.15, 0.2) is 11.6 Å². The molecule has 23 heavy (non-hydrogen) atoms. The molecule has 4 nitrogen and oxygen atoms in total. The van der Waals surface area contributed by atoms with Crippen LogP contribution in [0.5, 0.6) is 0 Å². The second-order valence-corrected chi connectivity index (χ2v) is 5.64. The number of pyridine rings is 1. The number of hydrogen-bond donors (Lipinski definition) is 0. The van der Waals surface area contributed by atoms with E-state index in [2.05, 4.69) is 9.88 Å². The number of benzene rings is 1. The minimum Gasteiger partial charge on any atom is -0.368 e. The summed E-state index contributed by atoms with van der Waals surface area (Å²) in [6, 6.07) is 5.50. The molecule has 1 saturated heterocycles. The smallest absolute Gasteiger partial charge is 0.255 e. The predicted octanol–water partition coefficient (Wildman–Crippen LogP) is 2.98. The van der Waals surface area contributed by atoms with Crippen molar-refractivity contribution in [3.63, 3.8) is 0 Å². The van der Waals surface area contributed by atoms with Gasteiger partial charge in [-0.3, -0.25) is 9.78 Å². The van der Waals surface area contributed by atoms with Gasteiger partial charge in [-0.25, -0.2) is 8.78 Å². The van der Waals surface area contributed by atoms with Gasteiger partial charge in [0.05, 0.1) is 10.6 Å². The van der Waals surface area contributed by atoms with Crippen LogP contribution in [0.15, 0.2) is 36.7 Å². The normalized spacial score (nSPS) is 14.9. The van der Waals surface area contributed by atoms with Gasteiger partial charge in [-0.05, 0) is 24.3 Å². The molecule has 0 radical (unpaired) electrons. The number of hydrogen-bond acceptors (Lipinski definition) is 3. The Labute approximate surface area is 137 Å². The second-order valence-electron chi connectivity index (χ2n) is 5.23. The molecule has 0 N–H and O–H groups in total. The van der Waals surface area contributed by atoms with Crippen molar-refractivity contribution in [2.45, 2.75) is 0 Å². The van der Waals surface area contributed by atoms with Gasteiger partial charge in [-0.2, -0.15) is 0 Å². The molecule has 1 fully saturated rings. The molecule has 0 aliphatic carbocycles. The van der Waals surface area contributed by atoms with E-state index in [1.807, 2.05) is 12.1 Å². The molecule has 1 amide bonds. The highest BCUT2D eigenvalue weighted by molar-refractivity contribution is 6.33. The van der Waals surface area contributed by atoms with E-state index in [0.717, 1.165) is 17.8 Å². The highest BCUT2D eigenvalue weighted by atomic mass is 35.5. The third-order valence-electron chi connectivity index (χ3n) is 3.84. The Bertz CT molecular complexity index is 719. The molecule has 2 aromatic rings. The molecule has 3 rings (SSSR count). The van der Waals surface area contributed by atoms with Gasteiger partial charge in [0.25, 0.3) is 5.91 Å². The Balaban J connectivity index is 1.70. The van der Waals surface area contributed by atoms with E-state index in [1.165, 1.54) is 0 Å². The summed E-state index contributed by atoms with van der Waals surface area (Å²) >= 11 is 5.87. The first-order valence-corrected chi connectivity index (χ1v) is 7.53. The number of anilines is 1. The van der Waals surface area contributed by atoms with Crippen molar-refractivity contribution < 1.29 is 13.6 Å². The second kappa shape index (κ2) is 6.50. The maximum atomic E-state index is 13.4. The van der Waals surface area contributed by atoms with E-state index in [1.54, 1.807) is 17.3 Å². The van der Waals surface area contributed by atoms with Crippen molar-refractivity contribution in [3.8, 4) is 0 Å². The van der Waals surface area contributed by atoms with Gasteiger partial charge in [0, 0.05) is 44.3 Å². The molecule has 0 atom stereocenters. The van der Waals surface area contributed by atoms with Gasteiger partial charge in [0.2, 0.25) is 0 Å². The Kier molecular flexibility index (Phi) is 4.43. The van der Waals surface area contributed by atoms with Crippen molar-refractivity contribution in [2.75, 3.05) is 31.1 Å². The summed E-state index contributed by atoms with van der Waals surface area (Å²) in [4.78, 5) is 20.2. The van der Waals surface area contributed by atoms with Crippen LogP contribution in [0.2, 0.25) is 5.02 Å². The van der Waals surface area contributed by atoms with Gasteiger partial charge >= 0.3 is 0 Å². The first-order valence-electron chi connectivity index (χ1n) is 7.15. The molecular weight excluding hydrogens is 324 g/mol.